The summed E-state index contributed by atoms with van der Waals surface area (Å²) in [5, 5.41) is 0. The van der Waals surface area contributed by atoms with E-state index in [1.807, 2.05) is 11.8 Å². The molecular formula is C53H103NO6S. The predicted molar refractivity (Wildman–Crippen MR) is 264 cm³/mol. The van der Waals surface area contributed by atoms with Gasteiger partial charge in [-0.3, -0.25) is 14.4 Å². The Bertz CT molecular complexity index is 912. The fourth-order valence-corrected chi connectivity index (χ4v) is 9.19. The average Bonchev–Trinajstić information content (AvgIpc) is 3.24. The summed E-state index contributed by atoms with van der Waals surface area (Å²) < 4.78 is 18.1. The molecule has 0 aliphatic carbocycles. The van der Waals surface area contributed by atoms with Crippen LogP contribution in [-0.4, -0.2) is 73.3 Å². The molecule has 1 unspecified atom stereocenters. The number of thioether (sulfide) groups is 1. The van der Waals surface area contributed by atoms with Crippen molar-refractivity contribution in [3.05, 3.63) is 0 Å². The number of unbranched alkanes of at least 4 members (excludes halogenated alkanes) is 20. The zero-order chi connectivity index (χ0) is 45.0. The summed E-state index contributed by atoms with van der Waals surface area (Å²) in [6.45, 7) is 11.9. The molecule has 0 fully saturated rings. The highest BCUT2D eigenvalue weighted by Gasteiger charge is 2.24. The Hall–Kier alpha value is -1.28. The molecule has 0 N–H and O–H groups in total. The minimum absolute atomic E-state index is 0.0101. The van der Waals surface area contributed by atoms with Gasteiger partial charge in [0.1, 0.15) is 18.3 Å². The molecule has 61 heavy (non-hydrogen) atoms. The fourth-order valence-electron chi connectivity index (χ4n) is 8.03. The summed E-state index contributed by atoms with van der Waals surface area (Å²) in [6, 6.07) is 0. The summed E-state index contributed by atoms with van der Waals surface area (Å²) in [5.41, 5.74) is 0. The molecule has 0 aliphatic rings. The van der Waals surface area contributed by atoms with E-state index in [1.54, 1.807) is 0 Å². The monoisotopic (exact) mass is 882 g/mol. The molecule has 0 saturated carbocycles. The van der Waals surface area contributed by atoms with Crippen LogP contribution in [0.5, 0.6) is 0 Å². The standard InChI is InChI=1S/C53H103NO6S/c1-8-13-18-19-24-29-34-45-61-46-47(43-44-54(6)7)53(57)60-50(39-30-25-20-22-27-32-41-51(55)58-48(35-14-9-2)36-15-10-3)40-31-26-21-23-28-33-42-52(56)59-49(37-16-11-4)38-17-12-5/h47-50H,8-46H2,1-7H3. The molecule has 7 nitrogen and oxygen atoms in total. The molecule has 0 amide bonds. The van der Waals surface area contributed by atoms with Gasteiger partial charge >= 0.3 is 17.9 Å². The van der Waals surface area contributed by atoms with E-state index in [0.29, 0.717) is 12.8 Å². The maximum absolute atomic E-state index is 13.8. The number of rotatable bonds is 47. The summed E-state index contributed by atoms with van der Waals surface area (Å²) in [5.74, 6) is 1.90. The van der Waals surface area contributed by atoms with Crippen LogP contribution in [0.15, 0.2) is 0 Å². The molecule has 362 valence electrons. The number of hydrogen-bond acceptors (Lipinski definition) is 8. The Morgan fingerprint density at radius 1 is 0.410 bits per heavy atom. The van der Waals surface area contributed by atoms with E-state index in [1.165, 1.54) is 44.9 Å². The van der Waals surface area contributed by atoms with Gasteiger partial charge in [0.05, 0.1) is 5.92 Å². The molecule has 0 aromatic rings. The van der Waals surface area contributed by atoms with Crippen LogP contribution in [0.2, 0.25) is 0 Å². The minimum Gasteiger partial charge on any atom is -0.462 e. The molecule has 0 bridgehead atoms. The van der Waals surface area contributed by atoms with Crippen molar-refractivity contribution in [2.75, 3.05) is 32.1 Å². The van der Waals surface area contributed by atoms with Crippen LogP contribution in [0.4, 0.5) is 0 Å². The molecular weight excluding hydrogens is 779 g/mol. The first-order valence-corrected chi connectivity index (χ1v) is 27.7. The summed E-state index contributed by atoms with van der Waals surface area (Å²) >= 11 is 1.94. The largest absolute Gasteiger partial charge is 0.462 e. The first-order chi connectivity index (χ1) is 29.7. The first-order valence-electron chi connectivity index (χ1n) is 26.5. The lowest BCUT2D eigenvalue weighted by Gasteiger charge is -2.23. The van der Waals surface area contributed by atoms with Crippen molar-refractivity contribution in [3.63, 3.8) is 0 Å². The third-order valence-electron chi connectivity index (χ3n) is 12.2. The van der Waals surface area contributed by atoms with Crippen molar-refractivity contribution in [3.8, 4) is 0 Å². The highest BCUT2D eigenvalue weighted by atomic mass is 32.2. The Morgan fingerprint density at radius 3 is 1.16 bits per heavy atom. The van der Waals surface area contributed by atoms with Gasteiger partial charge in [0.15, 0.2) is 0 Å². The molecule has 1 atom stereocenters. The quantitative estimate of drug-likeness (QED) is 0.0340. The number of carbonyl (C=O) groups excluding carboxylic acids is 3. The van der Waals surface area contributed by atoms with E-state index in [9.17, 15) is 14.4 Å². The van der Waals surface area contributed by atoms with Crippen molar-refractivity contribution in [2.24, 2.45) is 5.92 Å². The van der Waals surface area contributed by atoms with E-state index >= 15 is 0 Å². The Morgan fingerprint density at radius 2 is 0.754 bits per heavy atom. The number of hydrogen-bond donors (Lipinski definition) is 0. The molecule has 8 heteroatoms. The van der Waals surface area contributed by atoms with Crippen molar-refractivity contribution in [1.29, 1.82) is 0 Å². The van der Waals surface area contributed by atoms with E-state index in [2.05, 4.69) is 53.6 Å². The number of nitrogens with zero attached hydrogens (tertiary/aromatic N) is 1. The summed E-state index contributed by atoms with van der Waals surface area (Å²) in [7, 11) is 4.18. The predicted octanol–water partition coefficient (Wildman–Crippen LogP) is 15.8. The van der Waals surface area contributed by atoms with Crippen LogP contribution in [0.3, 0.4) is 0 Å². The van der Waals surface area contributed by atoms with E-state index in [0.717, 1.165) is 191 Å². The third-order valence-corrected chi connectivity index (χ3v) is 13.4. The Balaban J connectivity index is 4.93. The van der Waals surface area contributed by atoms with Crippen LogP contribution >= 0.6 is 11.8 Å². The second-order valence-corrected chi connectivity index (χ2v) is 19.8. The maximum Gasteiger partial charge on any atom is 0.310 e. The Kier molecular flexibility index (Phi) is 44.3. The van der Waals surface area contributed by atoms with Gasteiger partial charge in [-0.25, -0.2) is 0 Å². The highest BCUT2D eigenvalue weighted by molar-refractivity contribution is 7.99. The molecule has 0 aromatic carbocycles. The molecule has 0 radical (unpaired) electrons. The van der Waals surface area contributed by atoms with Crippen LogP contribution in [0.25, 0.3) is 0 Å². The smallest absolute Gasteiger partial charge is 0.310 e. The van der Waals surface area contributed by atoms with E-state index in [-0.39, 0.29) is 42.1 Å². The normalized spacial score (nSPS) is 12.2. The van der Waals surface area contributed by atoms with Gasteiger partial charge < -0.3 is 19.1 Å². The van der Waals surface area contributed by atoms with Gasteiger partial charge in [-0.2, -0.15) is 11.8 Å². The molecule has 0 heterocycles. The topological polar surface area (TPSA) is 82.1 Å². The van der Waals surface area contributed by atoms with Gasteiger partial charge in [-0.1, -0.05) is 176 Å². The van der Waals surface area contributed by atoms with Gasteiger partial charge in [-0.05, 0) is 103 Å². The highest BCUT2D eigenvalue weighted by Crippen LogP contribution is 2.23. The summed E-state index contributed by atoms with van der Waals surface area (Å²) in [6.07, 6.45) is 39.1. The SMILES string of the molecule is CCCCCCCCCSCC(CCN(C)C)C(=O)OC(CCCCCCCCC(=O)OC(CCCC)CCCC)CCCCCCCCC(=O)OC(CCCC)CCCC. The Labute approximate surface area is 383 Å². The number of esters is 3. The van der Waals surface area contributed by atoms with Crippen molar-refractivity contribution in [1.82, 2.24) is 4.90 Å². The van der Waals surface area contributed by atoms with Crippen LogP contribution < -0.4 is 0 Å². The van der Waals surface area contributed by atoms with Gasteiger partial charge in [0.2, 0.25) is 0 Å². The second kappa shape index (κ2) is 45.3. The molecule has 0 aliphatic heterocycles. The van der Waals surface area contributed by atoms with Crippen molar-refractivity contribution >= 4 is 29.7 Å². The first kappa shape index (κ1) is 59.7. The number of carbonyl (C=O) groups is 3. The third kappa shape index (κ3) is 40.0. The fraction of sp³-hybridized carbons (Fsp3) is 0.943. The van der Waals surface area contributed by atoms with Crippen LogP contribution in [0.1, 0.15) is 266 Å². The summed E-state index contributed by atoms with van der Waals surface area (Å²) in [4.78, 5) is 41.0. The zero-order valence-electron chi connectivity index (χ0n) is 41.7. The molecule has 0 rings (SSSR count). The number of ether oxygens (including phenoxy) is 3. The maximum atomic E-state index is 13.8. The van der Waals surface area contributed by atoms with Crippen LogP contribution in [0, 0.1) is 5.92 Å². The zero-order valence-corrected chi connectivity index (χ0v) is 42.5. The molecule has 0 aromatic heterocycles. The lowest BCUT2D eigenvalue weighted by atomic mass is 10.0. The average molecular weight is 882 g/mol. The van der Waals surface area contributed by atoms with E-state index in [4.69, 9.17) is 14.2 Å². The lowest BCUT2D eigenvalue weighted by Crippen LogP contribution is -2.29. The van der Waals surface area contributed by atoms with Gasteiger partial charge in [-0.15, -0.1) is 0 Å². The minimum atomic E-state index is -0.0556. The lowest BCUT2D eigenvalue weighted by molar-refractivity contribution is -0.154. The second-order valence-electron chi connectivity index (χ2n) is 18.7. The molecule has 0 saturated heterocycles. The van der Waals surface area contributed by atoms with Crippen molar-refractivity contribution in [2.45, 2.75) is 284 Å². The van der Waals surface area contributed by atoms with Gasteiger partial charge in [0, 0.05) is 18.6 Å². The van der Waals surface area contributed by atoms with Crippen LogP contribution in [-0.2, 0) is 28.6 Å². The van der Waals surface area contributed by atoms with Gasteiger partial charge in [0.25, 0.3) is 0 Å². The molecule has 0 spiro atoms. The van der Waals surface area contributed by atoms with E-state index < -0.39 is 0 Å². The van der Waals surface area contributed by atoms with Crippen molar-refractivity contribution < 1.29 is 28.6 Å².